The Balaban J connectivity index is 2.06. The van der Waals surface area contributed by atoms with Gasteiger partial charge in [-0.25, -0.2) is 4.79 Å². The lowest BCUT2D eigenvalue weighted by Gasteiger charge is -2.26. The van der Waals surface area contributed by atoms with Crippen LogP contribution in [0, 0.1) is 5.41 Å². The summed E-state index contributed by atoms with van der Waals surface area (Å²) in [7, 11) is 0. The molecule has 114 valence electrons. The third-order valence-corrected chi connectivity index (χ3v) is 5.49. The molecule has 0 unspecified atom stereocenters. The molecular formula is C16H21NO3S. The van der Waals surface area contributed by atoms with E-state index in [1.54, 1.807) is 12.1 Å². The van der Waals surface area contributed by atoms with Gasteiger partial charge in [0.2, 0.25) is 0 Å². The molecule has 2 heterocycles. The number of carboxylic acids is 1. The van der Waals surface area contributed by atoms with E-state index in [2.05, 4.69) is 13.8 Å². The number of nitrogens with zero attached hydrogens (tertiary/aromatic N) is 1. The molecule has 5 heteroatoms. The molecule has 0 spiro atoms. The summed E-state index contributed by atoms with van der Waals surface area (Å²) in [5, 5.41) is 8.62. The molecule has 1 aromatic heterocycles. The van der Waals surface area contributed by atoms with Crippen molar-refractivity contribution in [1.29, 1.82) is 0 Å². The zero-order valence-corrected chi connectivity index (χ0v) is 13.3. The van der Waals surface area contributed by atoms with E-state index in [0.29, 0.717) is 4.88 Å². The van der Waals surface area contributed by atoms with Gasteiger partial charge >= 0.3 is 5.97 Å². The second-order valence-electron chi connectivity index (χ2n) is 5.56. The third kappa shape index (κ3) is 3.53. The Morgan fingerprint density at radius 2 is 2.10 bits per heavy atom. The predicted octanol–water partition coefficient (Wildman–Crippen LogP) is 3.50. The highest BCUT2D eigenvalue weighted by Crippen LogP contribution is 2.37. The van der Waals surface area contributed by atoms with Gasteiger partial charge in [0.15, 0.2) is 0 Å². The van der Waals surface area contributed by atoms with Crippen molar-refractivity contribution < 1.29 is 14.7 Å². The van der Waals surface area contributed by atoms with Crippen molar-refractivity contribution in [2.75, 3.05) is 13.1 Å². The number of hydrogen-bond donors (Lipinski definition) is 1. The monoisotopic (exact) mass is 307 g/mol. The number of likely N-dealkylation sites (tertiary alicyclic amines) is 1. The van der Waals surface area contributed by atoms with Gasteiger partial charge < -0.3 is 10.0 Å². The summed E-state index contributed by atoms with van der Waals surface area (Å²) in [6, 6.07) is 3.58. The summed E-state index contributed by atoms with van der Waals surface area (Å²) in [4.78, 5) is 26.4. The summed E-state index contributed by atoms with van der Waals surface area (Å²) in [5.41, 5.74) is 0.277. The minimum Gasteiger partial charge on any atom is -0.478 e. The first-order chi connectivity index (χ1) is 9.99. The summed E-state index contributed by atoms with van der Waals surface area (Å²) >= 11 is 1.34. The van der Waals surface area contributed by atoms with Crippen molar-refractivity contribution in [1.82, 2.24) is 4.90 Å². The Bertz CT molecular complexity index is 558. The molecule has 2 rings (SSSR count). The summed E-state index contributed by atoms with van der Waals surface area (Å²) < 4.78 is 0. The molecule has 4 nitrogen and oxygen atoms in total. The van der Waals surface area contributed by atoms with E-state index >= 15 is 0 Å². The molecule has 1 N–H and O–H groups in total. The van der Waals surface area contributed by atoms with Crippen molar-refractivity contribution in [2.24, 2.45) is 5.41 Å². The SMILES string of the molecule is CCC1(CC)CCN(C(=O)c2ccc(/C=C/C(=O)O)s2)C1. The van der Waals surface area contributed by atoms with Crippen molar-refractivity contribution >= 4 is 29.3 Å². The predicted molar refractivity (Wildman–Crippen MR) is 84.5 cm³/mol. The molecule has 0 radical (unpaired) electrons. The maximum absolute atomic E-state index is 12.5. The number of carbonyl (C=O) groups excluding carboxylic acids is 1. The number of rotatable bonds is 5. The minimum absolute atomic E-state index is 0.0683. The molecule has 1 aliphatic heterocycles. The van der Waals surface area contributed by atoms with Crippen molar-refractivity contribution in [2.45, 2.75) is 33.1 Å². The highest BCUT2D eigenvalue weighted by Gasteiger charge is 2.37. The number of carbonyl (C=O) groups is 2. The fraction of sp³-hybridized carbons (Fsp3) is 0.500. The number of hydrogen-bond acceptors (Lipinski definition) is 3. The minimum atomic E-state index is -0.980. The van der Waals surface area contributed by atoms with E-state index < -0.39 is 5.97 Å². The maximum Gasteiger partial charge on any atom is 0.328 e. The molecule has 21 heavy (non-hydrogen) atoms. The fourth-order valence-electron chi connectivity index (χ4n) is 2.80. The smallest absolute Gasteiger partial charge is 0.328 e. The average molecular weight is 307 g/mol. The average Bonchev–Trinajstić information content (AvgIpc) is 3.12. The largest absolute Gasteiger partial charge is 0.478 e. The second kappa shape index (κ2) is 6.43. The summed E-state index contributed by atoms with van der Waals surface area (Å²) in [5.74, 6) is -0.912. The molecule has 1 fully saturated rings. The van der Waals surface area contributed by atoms with Crippen LogP contribution in [-0.4, -0.2) is 35.0 Å². The van der Waals surface area contributed by atoms with Crippen LogP contribution in [0.15, 0.2) is 18.2 Å². The molecule has 0 aliphatic carbocycles. The van der Waals surface area contributed by atoms with E-state index in [9.17, 15) is 9.59 Å². The molecule has 1 aliphatic rings. The number of amides is 1. The first-order valence-electron chi connectivity index (χ1n) is 7.30. The van der Waals surface area contributed by atoms with Gasteiger partial charge in [-0.05, 0) is 42.9 Å². The molecule has 0 saturated carbocycles. The third-order valence-electron chi connectivity index (χ3n) is 4.45. The molecule has 0 atom stereocenters. The van der Waals surface area contributed by atoms with Gasteiger partial charge in [0.1, 0.15) is 0 Å². The summed E-state index contributed by atoms with van der Waals surface area (Å²) in [6.45, 7) is 6.03. The van der Waals surface area contributed by atoms with E-state index in [1.165, 1.54) is 17.4 Å². The van der Waals surface area contributed by atoms with E-state index in [4.69, 9.17) is 5.11 Å². The van der Waals surface area contributed by atoms with Crippen molar-refractivity contribution in [3.8, 4) is 0 Å². The first kappa shape index (κ1) is 15.8. The van der Waals surface area contributed by atoms with E-state index in [1.807, 2.05) is 4.90 Å². The van der Waals surface area contributed by atoms with Crippen molar-refractivity contribution in [3.63, 3.8) is 0 Å². The van der Waals surface area contributed by atoms with Crippen LogP contribution in [0.3, 0.4) is 0 Å². The molecular weight excluding hydrogens is 286 g/mol. The Kier molecular flexibility index (Phi) is 4.83. The van der Waals surface area contributed by atoms with Gasteiger partial charge in [0.25, 0.3) is 5.91 Å². The normalized spacial score (nSPS) is 17.5. The Morgan fingerprint density at radius 1 is 1.38 bits per heavy atom. The topological polar surface area (TPSA) is 57.6 Å². The zero-order chi connectivity index (χ0) is 15.5. The van der Waals surface area contributed by atoms with Gasteiger partial charge in [-0.1, -0.05) is 13.8 Å². The zero-order valence-electron chi connectivity index (χ0n) is 12.5. The lowest BCUT2D eigenvalue weighted by Crippen LogP contribution is -2.31. The van der Waals surface area contributed by atoms with E-state index in [-0.39, 0.29) is 11.3 Å². The Morgan fingerprint density at radius 3 is 2.67 bits per heavy atom. The van der Waals surface area contributed by atoms with Crippen LogP contribution in [-0.2, 0) is 4.79 Å². The lowest BCUT2D eigenvalue weighted by atomic mass is 9.82. The van der Waals surface area contributed by atoms with Gasteiger partial charge in [-0.15, -0.1) is 11.3 Å². The lowest BCUT2D eigenvalue weighted by molar-refractivity contribution is -0.131. The van der Waals surface area contributed by atoms with Gasteiger partial charge in [0, 0.05) is 24.0 Å². The Hall–Kier alpha value is -1.62. The highest BCUT2D eigenvalue weighted by atomic mass is 32.1. The fourth-order valence-corrected chi connectivity index (χ4v) is 3.68. The second-order valence-corrected chi connectivity index (χ2v) is 6.67. The van der Waals surface area contributed by atoms with Crippen LogP contribution in [0.5, 0.6) is 0 Å². The van der Waals surface area contributed by atoms with Gasteiger partial charge in [-0.2, -0.15) is 0 Å². The van der Waals surface area contributed by atoms with Crippen LogP contribution in [0.25, 0.3) is 6.08 Å². The molecule has 0 bridgehead atoms. The van der Waals surface area contributed by atoms with Crippen molar-refractivity contribution in [3.05, 3.63) is 28.0 Å². The molecule has 1 saturated heterocycles. The number of aliphatic carboxylic acids is 1. The van der Waals surface area contributed by atoms with Crippen LogP contribution in [0.1, 0.15) is 47.7 Å². The van der Waals surface area contributed by atoms with Crippen LogP contribution in [0.4, 0.5) is 0 Å². The van der Waals surface area contributed by atoms with Crippen LogP contribution < -0.4 is 0 Å². The first-order valence-corrected chi connectivity index (χ1v) is 8.11. The van der Waals surface area contributed by atoms with Gasteiger partial charge in [-0.3, -0.25) is 4.79 Å². The number of thiophene rings is 1. The molecule has 0 aromatic carbocycles. The van der Waals surface area contributed by atoms with Crippen LogP contribution >= 0.6 is 11.3 Å². The van der Waals surface area contributed by atoms with Gasteiger partial charge in [0.05, 0.1) is 4.88 Å². The van der Waals surface area contributed by atoms with E-state index in [0.717, 1.165) is 43.3 Å². The number of carboxylic acid groups (broad SMARTS) is 1. The maximum atomic E-state index is 12.5. The molecule has 1 aromatic rings. The molecule has 1 amide bonds. The highest BCUT2D eigenvalue weighted by molar-refractivity contribution is 7.14. The Labute approximate surface area is 129 Å². The quantitative estimate of drug-likeness (QED) is 0.847. The van der Waals surface area contributed by atoms with Crippen LogP contribution in [0.2, 0.25) is 0 Å². The summed E-state index contributed by atoms with van der Waals surface area (Å²) in [6.07, 6.45) is 5.89. The standard InChI is InChI=1S/C16H21NO3S/c1-3-16(4-2)9-10-17(11-16)15(20)13-7-5-12(21-13)6-8-14(18)19/h5-8H,3-4,9-11H2,1-2H3,(H,18,19)/b8-6+.